The molecule has 1 aliphatic carbocycles. The van der Waals surface area contributed by atoms with Crippen LogP contribution in [0.3, 0.4) is 0 Å². The smallest absolute Gasteiger partial charge is 0.311 e. The Labute approximate surface area is 120 Å². The number of carbonyl (C=O) groups is 2. The van der Waals surface area contributed by atoms with Gasteiger partial charge in [0.1, 0.15) is 11.0 Å². The minimum absolute atomic E-state index is 0.165. The molecule has 1 saturated carbocycles. The number of nitrogens with zero attached hydrogens (tertiary/aromatic N) is 2. The summed E-state index contributed by atoms with van der Waals surface area (Å²) in [6.07, 6.45) is 3.02. The molecule has 0 radical (unpaired) electrons. The van der Waals surface area contributed by atoms with Crippen LogP contribution < -0.4 is 5.32 Å². The maximum absolute atomic E-state index is 12.2. The average molecular weight is 288 g/mol. The zero-order valence-corrected chi connectivity index (χ0v) is 11.4. The largest absolute Gasteiger partial charge is 0.481 e. The maximum Gasteiger partial charge on any atom is 0.311 e. The molecule has 0 bridgehead atoms. The Morgan fingerprint density at radius 2 is 1.95 bits per heavy atom. The molecule has 21 heavy (non-hydrogen) atoms. The van der Waals surface area contributed by atoms with E-state index >= 15 is 0 Å². The standard InChI is InChI=1S/C14H16N4O3/c19-12(9-3-4-10-11(7-9)17-18-16-10)15-8-14(13(20)21)5-1-2-6-14/h3-4,7H,1-2,5-6,8H2,(H,15,19)(H,20,21)(H,16,17,18). The number of amides is 1. The first kappa shape index (κ1) is 13.5. The van der Waals surface area contributed by atoms with E-state index in [0.29, 0.717) is 29.4 Å². The predicted octanol–water partition coefficient (Wildman–Crippen LogP) is 1.33. The van der Waals surface area contributed by atoms with Crippen molar-refractivity contribution in [2.45, 2.75) is 25.7 Å². The first-order valence-corrected chi connectivity index (χ1v) is 6.93. The molecule has 1 fully saturated rings. The highest BCUT2D eigenvalue weighted by Gasteiger charge is 2.41. The fourth-order valence-electron chi connectivity index (χ4n) is 2.85. The van der Waals surface area contributed by atoms with Crippen LogP contribution in [0.15, 0.2) is 18.2 Å². The molecule has 3 N–H and O–H groups in total. The van der Waals surface area contributed by atoms with E-state index in [2.05, 4.69) is 20.7 Å². The summed E-state index contributed by atoms with van der Waals surface area (Å²) >= 11 is 0. The molecule has 1 aliphatic rings. The molecule has 1 amide bonds. The van der Waals surface area contributed by atoms with Crippen LogP contribution in [0.25, 0.3) is 11.0 Å². The number of aromatic amines is 1. The summed E-state index contributed by atoms with van der Waals surface area (Å²) in [4.78, 5) is 23.6. The van der Waals surface area contributed by atoms with Crippen LogP contribution in [0.2, 0.25) is 0 Å². The molecule has 3 rings (SSSR count). The van der Waals surface area contributed by atoms with Crippen LogP contribution in [0.4, 0.5) is 0 Å². The van der Waals surface area contributed by atoms with E-state index in [4.69, 9.17) is 0 Å². The normalized spacial score (nSPS) is 17.0. The molecule has 1 heterocycles. The second-order valence-electron chi connectivity index (χ2n) is 5.50. The number of nitrogens with one attached hydrogen (secondary N) is 2. The highest BCUT2D eigenvalue weighted by molar-refractivity contribution is 5.97. The highest BCUT2D eigenvalue weighted by Crippen LogP contribution is 2.37. The van der Waals surface area contributed by atoms with E-state index in [1.165, 1.54) is 0 Å². The Kier molecular flexibility index (Phi) is 3.32. The number of carboxylic acids is 1. The van der Waals surface area contributed by atoms with E-state index in [1.54, 1.807) is 18.2 Å². The molecule has 0 unspecified atom stereocenters. The quantitative estimate of drug-likeness (QED) is 0.786. The predicted molar refractivity (Wildman–Crippen MR) is 74.8 cm³/mol. The number of rotatable bonds is 4. The second-order valence-corrected chi connectivity index (χ2v) is 5.50. The summed E-state index contributed by atoms with van der Waals surface area (Å²) in [7, 11) is 0. The van der Waals surface area contributed by atoms with Gasteiger partial charge in [0, 0.05) is 12.1 Å². The third-order valence-corrected chi connectivity index (χ3v) is 4.18. The van der Waals surface area contributed by atoms with E-state index in [9.17, 15) is 14.7 Å². The van der Waals surface area contributed by atoms with Crippen molar-refractivity contribution in [1.82, 2.24) is 20.7 Å². The average Bonchev–Trinajstić information content (AvgIpc) is 3.13. The lowest BCUT2D eigenvalue weighted by Crippen LogP contribution is -2.41. The molecule has 7 nitrogen and oxygen atoms in total. The number of aromatic nitrogens is 3. The van der Waals surface area contributed by atoms with Crippen LogP contribution >= 0.6 is 0 Å². The van der Waals surface area contributed by atoms with Crippen LogP contribution in [0.1, 0.15) is 36.0 Å². The molecule has 7 heteroatoms. The summed E-state index contributed by atoms with van der Waals surface area (Å²) in [6, 6.07) is 4.99. The summed E-state index contributed by atoms with van der Waals surface area (Å²) < 4.78 is 0. The molecule has 0 saturated heterocycles. The third-order valence-electron chi connectivity index (χ3n) is 4.18. The number of carbonyl (C=O) groups excluding carboxylic acids is 1. The van der Waals surface area contributed by atoms with Gasteiger partial charge < -0.3 is 10.4 Å². The van der Waals surface area contributed by atoms with E-state index in [-0.39, 0.29) is 12.5 Å². The van der Waals surface area contributed by atoms with Crippen molar-refractivity contribution < 1.29 is 14.7 Å². The summed E-state index contributed by atoms with van der Waals surface area (Å²) in [5.74, 6) is -1.11. The fourth-order valence-corrected chi connectivity index (χ4v) is 2.85. The summed E-state index contributed by atoms with van der Waals surface area (Å²) in [6.45, 7) is 0.165. The Balaban J connectivity index is 1.72. The number of hydrogen-bond donors (Lipinski definition) is 3. The lowest BCUT2D eigenvalue weighted by Gasteiger charge is -2.23. The minimum atomic E-state index is -0.827. The monoisotopic (exact) mass is 288 g/mol. The Hall–Kier alpha value is -2.44. The first-order chi connectivity index (χ1) is 10.1. The van der Waals surface area contributed by atoms with Crippen LogP contribution in [-0.4, -0.2) is 38.9 Å². The van der Waals surface area contributed by atoms with Gasteiger partial charge in [0.05, 0.1) is 5.41 Å². The Morgan fingerprint density at radius 3 is 2.67 bits per heavy atom. The number of hydrogen-bond acceptors (Lipinski definition) is 4. The zero-order chi connectivity index (χ0) is 14.9. The molecular weight excluding hydrogens is 272 g/mol. The molecule has 1 aromatic heterocycles. The van der Waals surface area contributed by atoms with E-state index in [0.717, 1.165) is 12.8 Å². The molecule has 110 valence electrons. The lowest BCUT2D eigenvalue weighted by atomic mass is 9.86. The van der Waals surface area contributed by atoms with E-state index in [1.807, 2.05) is 0 Å². The topological polar surface area (TPSA) is 108 Å². The van der Waals surface area contributed by atoms with Gasteiger partial charge in [-0.05, 0) is 31.0 Å². The van der Waals surface area contributed by atoms with Gasteiger partial charge in [-0.1, -0.05) is 12.8 Å². The molecule has 0 spiro atoms. The number of carboxylic acid groups (broad SMARTS) is 1. The van der Waals surface area contributed by atoms with Crippen molar-refractivity contribution in [1.29, 1.82) is 0 Å². The van der Waals surface area contributed by atoms with Gasteiger partial charge in [0.15, 0.2) is 0 Å². The lowest BCUT2D eigenvalue weighted by molar-refractivity contribution is -0.148. The van der Waals surface area contributed by atoms with Crippen molar-refractivity contribution in [3.63, 3.8) is 0 Å². The van der Waals surface area contributed by atoms with Gasteiger partial charge in [-0.25, -0.2) is 0 Å². The Morgan fingerprint density at radius 1 is 1.24 bits per heavy atom. The number of aliphatic carboxylic acids is 1. The molecule has 2 aromatic rings. The molecule has 0 aliphatic heterocycles. The van der Waals surface area contributed by atoms with Crippen LogP contribution in [0.5, 0.6) is 0 Å². The van der Waals surface area contributed by atoms with Crippen molar-refractivity contribution in [3.05, 3.63) is 23.8 Å². The number of H-pyrrole nitrogens is 1. The van der Waals surface area contributed by atoms with Crippen molar-refractivity contribution in [2.75, 3.05) is 6.54 Å². The SMILES string of the molecule is O=C(NCC1(C(=O)O)CCCC1)c1ccc2n[nH]nc2c1. The minimum Gasteiger partial charge on any atom is -0.481 e. The molecule has 0 atom stereocenters. The van der Waals surface area contributed by atoms with Gasteiger partial charge in [-0.15, -0.1) is 0 Å². The third kappa shape index (κ3) is 2.46. The second kappa shape index (κ2) is 5.16. The van der Waals surface area contributed by atoms with Crippen molar-refractivity contribution in [2.24, 2.45) is 5.41 Å². The fraction of sp³-hybridized carbons (Fsp3) is 0.429. The van der Waals surface area contributed by atoms with Crippen LogP contribution in [0, 0.1) is 5.41 Å². The number of benzene rings is 1. The highest BCUT2D eigenvalue weighted by atomic mass is 16.4. The molecule has 1 aromatic carbocycles. The van der Waals surface area contributed by atoms with Gasteiger partial charge in [-0.2, -0.15) is 15.4 Å². The first-order valence-electron chi connectivity index (χ1n) is 6.93. The van der Waals surface area contributed by atoms with Gasteiger partial charge >= 0.3 is 5.97 Å². The van der Waals surface area contributed by atoms with E-state index < -0.39 is 11.4 Å². The zero-order valence-electron chi connectivity index (χ0n) is 11.4. The number of fused-ring (bicyclic) bond motifs is 1. The van der Waals surface area contributed by atoms with Crippen molar-refractivity contribution in [3.8, 4) is 0 Å². The molecular formula is C14H16N4O3. The maximum atomic E-state index is 12.2. The van der Waals surface area contributed by atoms with Gasteiger partial charge in [0.2, 0.25) is 0 Å². The summed E-state index contributed by atoms with van der Waals surface area (Å²) in [5, 5.41) is 22.5. The summed E-state index contributed by atoms with van der Waals surface area (Å²) in [5.41, 5.74) is 0.934. The van der Waals surface area contributed by atoms with Gasteiger partial charge in [-0.3, -0.25) is 9.59 Å². The van der Waals surface area contributed by atoms with Crippen molar-refractivity contribution >= 4 is 22.9 Å². The van der Waals surface area contributed by atoms with Gasteiger partial charge in [0.25, 0.3) is 5.91 Å². The van der Waals surface area contributed by atoms with Crippen LogP contribution in [-0.2, 0) is 4.79 Å². The Bertz CT molecular complexity index is 688.